The number of aryl methyl sites for hydroxylation is 1. The van der Waals surface area contributed by atoms with E-state index in [-0.39, 0.29) is 6.04 Å². The average molecular weight is 415 g/mol. The fourth-order valence-electron chi connectivity index (χ4n) is 4.13. The lowest BCUT2D eigenvalue weighted by atomic mass is 10.0. The van der Waals surface area contributed by atoms with Crippen LogP contribution >= 0.6 is 11.6 Å². The summed E-state index contributed by atoms with van der Waals surface area (Å²) >= 11 is 6.23. The number of anilines is 1. The van der Waals surface area contributed by atoms with Gasteiger partial charge in [0.15, 0.2) is 5.82 Å². The highest BCUT2D eigenvalue weighted by molar-refractivity contribution is 6.30. The first-order valence-corrected chi connectivity index (χ1v) is 10.4. The Morgan fingerprint density at radius 2 is 1.93 bits per heavy atom. The molecule has 0 N–H and O–H groups in total. The highest BCUT2D eigenvalue weighted by atomic mass is 35.5. The first-order valence-electron chi connectivity index (χ1n) is 10.1. The van der Waals surface area contributed by atoms with Crippen molar-refractivity contribution in [2.75, 3.05) is 31.1 Å². The van der Waals surface area contributed by atoms with Crippen molar-refractivity contribution in [1.29, 1.82) is 0 Å². The van der Waals surface area contributed by atoms with E-state index in [0.717, 1.165) is 42.8 Å². The number of hydrogen-bond donors (Lipinski definition) is 0. The van der Waals surface area contributed by atoms with Gasteiger partial charge in [-0.1, -0.05) is 31.5 Å². The van der Waals surface area contributed by atoms with Crippen molar-refractivity contribution in [1.82, 2.24) is 25.1 Å². The van der Waals surface area contributed by atoms with Gasteiger partial charge in [0.25, 0.3) is 0 Å². The molecule has 0 radical (unpaired) electrons. The predicted octanol–water partition coefficient (Wildman–Crippen LogP) is 3.80. The summed E-state index contributed by atoms with van der Waals surface area (Å²) in [6.45, 7) is 10.9. The molecular weight excluding hydrogens is 388 g/mol. The van der Waals surface area contributed by atoms with Crippen LogP contribution in [0.4, 0.5) is 5.69 Å². The van der Waals surface area contributed by atoms with E-state index in [9.17, 15) is 0 Å². The summed E-state index contributed by atoms with van der Waals surface area (Å²) in [6, 6.07) is 10.1. The molecule has 3 aromatic rings. The third kappa shape index (κ3) is 4.31. The highest BCUT2D eigenvalue weighted by Crippen LogP contribution is 2.31. The van der Waals surface area contributed by atoms with Crippen molar-refractivity contribution in [3.8, 4) is 0 Å². The lowest BCUT2D eigenvalue weighted by Crippen LogP contribution is -2.49. The molecule has 1 saturated heterocycles. The average Bonchev–Trinajstić information content (AvgIpc) is 3.37. The zero-order chi connectivity index (χ0) is 20.4. The summed E-state index contributed by atoms with van der Waals surface area (Å²) in [4.78, 5) is 4.91. The molecule has 29 heavy (non-hydrogen) atoms. The maximum atomic E-state index is 6.23. The van der Waals surface area contributed by atoms with Crippen LogP contribution in [-0.4, -0.2) is 51.3 Å². The number of hydrogen-bond acceptors (Lipinski definition) is 6. The molecule has 7 nitrogen and oxygen atoms in total. The van der Waals surface area contributed by atoms with Gasteiger partial charge in [-0.25, -0.2) is 4.68 Å². The lowest BCUT2D eigenvalue weighted by molar-refractivity contribution is 0.135. The van der Waals surface area contributed by atoms with E-state index in [1.165, 1.54) is 11.3 Å². The maximum Gasteiger partial charge on any atom is 0.169 e. The van der Waals surface area contributed by atoms with Crippen LogP contribution in [0, 0.1) is 12.8 Å². The molecule has 0 spiro atoms. The van der Waals surface area contributed by atoms with Crippen LogP contribution in [-0.2, 0) is 6.54 Å². The Morgan fingerprint density at radius 3 is 2.62 bits per heavy atom. The monoisotopic (exact) mass is 414 g/mol. The van der Waals surface area contributed by atoms with Crippen LogP contribution in [0.15, 0.2) is 41.0 Å². The summed E-state index contributed by atoms with van der Waals surface area (Å²) in [5, 5.41) is 13.3. The van der Waals surface area contributed by atoms with Crippen molar-refractivity contribution in [3.05, 3.63) is 58.8 Å². The van der Waals surface area contributed by atoms with Crippen LogP contribution in [0.5, 0.6) is 0 Å². The van der Waals surface area contributed by atoms with Gasteiger partial charge in [0.1, 0.15) is 12.3 Å². The van der Waals surface area contributed by atoms with E-state index in [1.54, 1.807) is 6.26 Å². The minimum atomic E-state index is 0.155. The van der Waals surface area contributed by atoms with Crippen molar-refractivity contribution in [3.63, 3.8) is 0 Å². The molecule has 2 aromatic heterocycles. The van der Waals surface area contributed by atoms with Crippen molar-refractivity contribution in [2.45, 2.75) is 33.4 Å². The zero-order valence-corrected chi connectivity index (χ0v) is 17.9. The van der Waals surface area contributed by atoms with Crippen molar-refractivity contribution in [2.24, 2.45) is 5.92 Å². The number of benzene rings is 1. The molecule has 0 aliphatic carbocycles. The number of piperazine rings is 1. The fraction of sp³-hybridized carbons (Fsp3) is 0.476. The Labute approximate surface area is 176 Å². The van der Waals surface area contributed by atoms with Crippen molar-refractivity contribution < 1.29 is 4.42 Å². The van der Waals surface area contributed by atoms with Gasteiger partial charge >= 0.3 is 0 Å². The molecule has 8 heteroatoms. The molecule has 0 amide bonds. The number of aromatic nitrogens is 4. The van der Waals surface area contributed by atoms with Gasteiger partial charge in [-0.2, -0.15) is 0 Å². The molecule has 154 valence electrons. The molecule has 0 unspecified atom stereocenters. The molecule has 1 aliphatic rings. The van der Waals surface area contributed by atoms with E-state index >= 15 is 0 Å². The van der Waals surface area contributed by atoms with Crippen LogP contribution in [0.25, 0.3) is 0 Å². The Balaban J connectivity index is 1.50. The second kappa shape index (κ2) is 8.55. The van der Waals surface area contributed by atoms with E-state index in [2.05, 4.69) is 58.2 Å². The third-order valence-corrected chi connectivity index (χ3v) is 5.80. The fourth-order valence-corrected chi connectivity index (χ4v) is 4.30. The summed E-state index contributed by atoms with van der Waals surface area (Å²) < 4.78 is 7.34. The smallest absolute Gasteiger partial charge is 0.169 e. The maximum absolute atomic E-state index is 6.23. The Bertz CT molecular complexity index is 931. The van der Waals surface area contributed by atoms with Gasteiger partial charge in [-0.15, -0.1) is 5.10 Å². The summed E-state index contributed by atoms with van der Waals surface area (Å²) in [7, 11) is 0. The predicted molar refractivity (Wildman–Crippen MR) is 113 cm³/mol. The number of rotatable bonds is 6. The lowest BCUT2D eigenvalue weighted by Gasteiger charge is -2.41. The van der Waals surface area contributed by atoms with Gasteiger partial charge in [0.2, 0.25) is 0 Å². The second-order valence-electron chi connectivity index (χ2n) is 7.92. The number of tetrazole rings is 1. The molecule has 4 rings (SSSR count). The van der Waals surface area contributed by atoms with Gasteiger partial charge in [0, 0.05) is 36.9 Å². The van der Waals surface area contributed by atoms with Crippen molar-refractivity contribution >= 4 is 17.3 Å². The van der Waals surface area contributed by atoms with Gasteiger partial charge in [-0.3, -0.25) is 4.90 Å². The Kier molecular flexibility index (Phi) is 5.87. The Morgan fingerprint density at radius 1 is 1.14 bits per heavy atom. The summed E-state index contributed by atoms with van der Waals surface area (Å²) in [5.74, 6) is 2.13. The minimum absolute atomic E-state index is 0.155. The van der Waals surface area contributed by atoms with Crippen LogP contribution in [0.3, 0.4) is 0 Å². The SMILES string of the molecule is Cc1ccc(Cl)cc1N1CCN([C@H](c2nnnn2Cc2ccco2)C(C)C)CC1. The number of nitrogens with zero attached hydrogens (tertiary/aromatic N) is 6. The van der Waals surface area contributed by atoms with Gasteiger partial charge in [-0.05, 0) is 53.1 Å². The summed E-state index contributed by atoms with van der Waals surface area (Å²) in [6.07, 6.45) is 1.68. The molecule has 1 aliphatic heterocycles. The standard InChI is InChI=1S/C21H27ClN6O/c1-15(2)20(21-23-24-25-28(21)14-18-5-4-12-29-18)27-10-8-26(9-11-27)19-13-17(22)7-6-16(19)3/h4-7,12-13,15,20H,8-11,14H2,1-3H3/t20-/m0/s1. The number of halogens is 1. The minimum Gasteiger partial charge on any atom is -0.467 e. The largest absolute Gasteiger partial charge is 0.467 e. The molecule has 1 fully saturated rings. The molecule has 3 heterocycles. The van der Waals surface area contributed by atoms with Gasteiger partial charge in [0.05, 0.1) is 12.3 Å². The van der Waals surface area contributed by atoms with Crippen LogP contribution in [0.2, 0.25) is 5.02 Å². The second-order valence-corrected chi connectivity index (χ2v) is 8.35. The first-order chi connectivity index (χ1) is 14.0. The van der Waals surface area contributed by atoms with E-state index < -0.39 is 0 Å². The van der Waals surface area contributed by atoms with Crippen LogP contribution in [0.1, 0.15) is 37.0 Å². The molecule has 1 atom stereocenters. The highest BCUT2D eigenvalue weighted by Gasteiger charge is 2.32. The van der Waals surface area contributed by atoms with Gasteiger partial charge < -0.3 is 9.32 Å². The molecule has 0 saturated carbocycles. The topological polar surface area (TPSA) is 63.2 Å². The Hall–Kier alpha value is -2.38. The third-order valence-electron chi connectivity index (χ3n) is 5.56. The molecule has 1 aromatic carbocycles. The van der Waals surface area contributed by atoms with E-state index in [0.29, 0.717) is 12.5 Å². The van der Waals surface area contributed by atoms with Crippen LogP contribution < -0.4 is 4.90 Å². The quantitative estimate of drug-likeness (QED) is 0.611. The first kappa shape index (κ1) is 19.9. The molecular formula is C21H27ClN6O. The zero-order valence-electron chi connectivity index (χ0n) is 17.1. The number of furan rings is 1. The normalized spacial score (nSPS) is 16.5. The van der Waals surface area contributed by atoms with E-state index in [4.69, 9.17) is 16.0 Å². The van der Waals surface area contributed by atoms with E-state index in [1.807, 2.05) is 22.9 Å². The summed E-state index contributed by atoms with van der Waals surface area (Å²) in [5.41, 5.74) is 2.48. The molecule has 0 bridgehead atoms.